The first-order valence-corrected chi connectivity index (χ1v) is 13.2. The number of halogens is 1. The third kappa shape index (κ3) is 5.25. The molecule has 39 heavy (non-hydrogen) atoms. The maximum Gasteiger partial charge on any atom is 0.267 e. The van der Waals surface area contributed by atoms with E-state index in [-0.39, 0.29) is 5.56 Å². The van der Waals surface area contributed by atoms with Gasteiger partial charge in [-0.15, -0.1) is 0 Å². The Morgan fingerprint density at radius 3 is 2.36 bits per heavy atom. The van der Waals surface area contributed by atoms with Crippen molar-refractivity contribution < 1.29 is 0 Å². The van der Waals surface area contributed by atoms with Crippen LogP contribution in [0.1, 0.15) is 5.56 Å². The second-order valence-corrected chi connectivity index (χ2v) is 9.69. The van der Waals surface area contributed by atoms with Crippen molar-refractivity contribution in [3.8, 4) is 28.5 Å². The predicted octanol–water partition coefficient (Wildman–Crippen LogP) is 6.36. The van der Waals surface area contributed by atoms with Gasteiger partial charge in [0.2, 0.25) is 0 Å². The fourth-order valence-corrected chi connectivity index (χ4v) is 4.84. The highest BCUT2D eigenvalue weighted by atomic mass is 35.5. The molecule has 0 amide bonds. The van der Waals surface area contributed by atoms with E-state index in [1.54, 1.807) is 22.8 Å². The van der Waals surface area contributed by atoms with Crippen molar-refractivity contribution in [3.63, 3.8) is 0 Å². The molecular weight excluding hydrogens is 506 g/mol. The number of pyridine rings is 1. The molecule has 0 aliphatic heterocycles. The molecule has 0 bridgehead atoms. The summed E-state index contributed by atoms with van der Waals surface area (Å²) in [4.78, 5) is 22.8. The maximum atomic E-state index is 13.6. The molecule has 1 N–H and O–H groups in total. The number of hydrogen-bond donors (Lipinski definition) is 1. The minimum absolute atomic E-state index is 0.175. The molecule has 0 saturated carbocycles. The fraction of sp³-hybridized carbons (Fsp3) is 0.0938. The molecule has 3 heterocycles. The van der Waals surface area contributed by atoms with Gasteiger partial charge in [0.15, 0.2) is 0 Å². The zero-order chi connectivity index (χ0) is 26.6. The lowest BCUT2D eigenvalue weighted by Crippen LogP contribution is -2.22. The summed E-state index contributed by atoms with van der Waals surface area (Å²) in [5.41, 5.74) is 4.78. The topological polar surface area (TPSA) is 64.7 Å². The van der Waals surface area contributed by atoms with E-state index in [1.165, 1.54) is 11.8 Å². The van der Waals surface area contributed by atoms with Gasteiger partial charge in [-0.1, -0.05) is 78.3 Å². The number of nitrogens with one attached hydrogen (secondary N) is 1. The summed E-state index contributed by atoms with van der Waals surface area (Å²) in [7, 11) is 0. The van der Waals surface area contributed by atoms with Gasteiger partial charge < -0.3 is 9.88 Å². The smallest absolute Gasteiger partial charge is 0.267 e. The van der Waals surface area contributed by atoms with Gasteiger partial charge in [-0.3, -0.25) is 4.79 Å². The normalized spacial score (nSPS) is 11.2. The Morgan fingerprint density at radius 1 is 0.795 bits per heavy atom. The van der Waals surface area contributed by atoms with Gasteiger partial charge in [0.1, 0.15) is 11.6 Å². The first-order valence-electron chi connectivity index (χ1n) is 12.8. The molecule has 0 aliphatic rings. The summed E-state index contributed by atoms with van der Waals surface area (Å²) in [5.74, 6) is 0.999. The van der Waals surface area contributed by atoms with E-state index in [0.29, 0.717) is 27.6 Å². The average Bonchev–Trinajstić information content (AvgIpc) is 3.45. The van der Waals surface area contributed by atoms with Crippen LogP contribution in [0.4, 0.5) is 0 Å². The lowest BCUT2D eigenvalue weighted by molar-refractivity contribution is 0.603. The van der Waals surface area contributed by atoms with Crippen LogP contribution in [0.3, 0.4) is 0 Å². The van der Waals surface area contributed by atoms with Gasteiger partial charge in [0, 0.05) is 43.3 Å². The number of hydrogen-bond acceptors (Lipinski definition) is 4. The Morgan fingerprint density at radius 2 is 1.56 bits per heavy atom. The van der Waals surface area contributed by atoms with E-state index >= 15 is 0 Å². The lowest BCUT2D eigenvalue weighted by Gasteiger charge is -2.14. The Kier molecular flexibility index (Phi) is 7.04. The number of para-hydroxylation sites is 1. The molecule has 7 heteroatoms. The minimum atomic E-state index is -0.175. The van der Waals surface area contributed by atoms with Gasteiger partial charge in [-0.05, 0) is 47.5 Å². The molecule has 0 atom stereocenters. The number of nitrogens with zero attached hydrogens (tertiary/aromatic N) is 4. The van der Waals surface area contributed by atoms with E-state index in [4.69, 9.17) is 16.6 Å². The summed E-state index contributed by atoms with van der Waals surface area (Å²) in [6, 6.07) is 33.6. The zero-order valence-corrected chi connectivity index (χ0v) is 21.9. The average molecular weight is 532 g/mol. The highest BCUT2D eigenvalue weighted by Gasteiger charge is 2.16. The molecule has 6 nitrogen and oxygen atoms in total. The van der Waals surface area contributed by atoms with Crippen molar-refractivity contribution >= 4 is 22.5 Å². The van der Waals surface area contributed by atoms with Gasteiger partial charge in [-0.25, -0.2) is 14.5 Å². The quantitative estimate of drug-likeness (QED) is 0.232. The number of benzene rings is 3. The first-order chi connectivity index (χ1) is 19.2. The Hall–Kier alpha value is -4.52. The van der Waals surface area contributed by atoms with Crippen molar-refractivity contribution in [1.82, 2.24) is 24.4 Å². The minimum Gasteiger partial charge on any atom is -0.346 e. The fourth-order valence-electron chi connectivity index (χ4n) is 4.73. The van der Waals surface area contributed by atoms with E-state index in [2.05, 4.69) is 69.6 Å². The van der Waals surface area contributed by atoms with Crippen molar-refractivity contribution in [3.05, 3.63) is 136 Å². The van der Waals surface area contributed by atoms with Gasteiger partial charge in [-0.2, -0.15) is 0 Å². The van der Waals surface area contributed by atoms with Crippen LogP contribution >= 0.6 is 11.6 Å². The number of rotatable bonds is 8. The summed E-state index contributed by atoms with van der Waals surface area (Å²) in [6.45, 7) is 2.55. The second kappa shape index (κ2) is 11.1. The third-order valence-corrected chi connectivity index (χ3v) is 6.91. The predicted molar refractivity (Wildman–Crippen MR) is 157 cm³/mol. The molecule has 0 radical (unpaired) electrons. The van der Waals surface area contributed by atoms with E-state index < -0.39 is 0 Å². The lowest BCUT2D eigenvalue weighted by atomic mass is 10.1. The van der Waals surface area contributed by atoms with Crippen LogP contribution in [0, 0.1) is 0 Å². The van der Waals surface area contributed by atoms with Gasteiger partial charge in [0.25, 0.3) is 5.56 Å². The van der Waals surface area contributed by atoms with Crippen LogP contribution in [0.15, 0.2) is 120 Å². The summed E-state index contributed by atoms with van der Waals surface area (Å²) in [5, 5.41) is 4.56. The summed E-state index contributed by atoms with van der Waals surface area (Å²) < 4.78 is 3.80. The third-order valence-electron chi connectivity index (χ3n) is 6.69. The maximum absolute atomic E-state index is 13.6. The molecular formula is C32H26ClN5O. The summed E-state index contributed by atoms with van der Waals surface area (Å²) in [6.07, 6.45) is 3.64. The van der Waals surface area contributed by atoms with Crippen molar-refractivity contribution in [2.75, 3.05) is 6.54 Å². The van der Waals surface area contributed by atoms with Crippen molar-refractivity contribution in [2.45, 2.75) is 13.1 Å². The summed E-state index contributed by atoms with van der Waals surface area (Å²) >= 11 is 6.07. The van der Waals surface area contributed by atoms with Crippen LogP contribution in [0.2, 0.25) is 5.02 Å². The van der Waals surface area contributed by atoms with E-state index in [1.807, 2.05) is 36.4 Å². The molecule has 0 saturated heterocycles. The standard InChI is InChI=1S/C32H26ClN5O/c33-26-16-17-30(35-22-26)38-31(36-28-10-5-4-9-27(28)32(38)39)25-14-12-24(13-15-25)29-11-6-19-37(29)20-18-34-21-23-7-2-1-3-8-23/h1-17,19,22,34H,18,20-21H2. The molecule has 3 aromatic carbocycles. The highest BCUT2D eigenvalue weighted by Crippen LogP contribution is 2.26. The molecule has 0 spiro atoms. The van der Waals surface area contributed by atoms with Crippen LogP contribution in [0.25, 0.3) is 39.4 Å². The highest BCUT2D eigenvalue weighted by molar-refractivity contribution is 6.30. The van der Waals surface area contributed by atoms with Crippen molar-refractivity contribution in [1.29, 1.82) is 0 Å². The Bertz CT molecular complexity index is 1770. The SMILES string of the molecule is O=c1c2ccccc2nc(-c2ccc(-c3cccn3CCNCc3ccccc3)cc2)n1-c1ccc(Cl)cn1. The second-order valence-electron chi connectivity index (χ2n) is 9.25. The zero-order valence-electron chi connectivity index (χ0n) is 21.2. The largest absolute Gasteiger partial charge is 0.346 e. The van der Waals surface area contributed by atoms with Gasteiger partial charge in [0.05, 0.1) is 15.9 Å². The molecule has 0 aliphatic carbocycles. The van der Waals surface area contributed by atoms with Crippen molar-refractivity contribution in [2.24, 2.45) is 0 Å². The number of fused-ring (bicyclic) bond motifs is 1. The first kappa shape index (κ1) is 24.8. The monoisotopic (exact) mass is 531 g/mol. The van der Waals surface area contributed by atoms with Crippen LogP contribution in [0.5, 0.6) is 0 Å². The Balaban J connectivity index is 1.29. The van der Waals surface area contributed by atoms with E-state index in [0.717, 1.165) is 36.5 Å². The molecule has 0 fully saturated rings. The number of aromatic nitrogens is 4. The molecule has 6 aromatic rings. The molecule has 3 aromatic heterocycles. The molecule has 6 rings (SSSR count). The van der Waals surface area contributed by atoms with E-state index in [9.17, 15) is 4.79 Å². The van der Waals surface area contributed by atoms with Gasteiger partial charge >= 0.3 is 0 Å². The van der Waals surface area contributed by atoms with Crippen LogP contribution in [-0.2, 0) is 13.1 Å². The molecule has 192 valence electrons. The van der Waals surface area contributed by atoms with Crippen LogP contribution in [-0.4, -0.2) is 25.6 Å². The van der Waals surface area contributed by atoms with Crippen LogP contribution < -0.4 is 10.9 Å². The molecule has 0 unspecified atom stereocenters. The Labute approximate surface area is 231 Å².